The minimum absolute atomic E-state index is 0.0577. The molecule has 0 radical (unpaired) electrons. The number of carbonyl (C=O) groups is 1. The maximum Gasteiger partial charge on any atom is 0.472 e. The minimum Gasteiger partial charge on any atom is -0.393 e. The van der Waals surface area contributed by atoms with Gasteiger partial charge in [0.15, 0.2) is 0 Å². The zero-order valence-electron chi connectivity index (χ0n) is 24.0. The van der Waals surface area contributed by atoms with E-state index in [1.807, 2.05) is 0 Å². The first kappa shape index (κ1) is 37.2. The van der Waals surface area contributed by atoms with Crippen molar-refractivity contribution in [3.05, 3.63) is 12.2 Å². The minimum atomic E-state index is -4.35. The maximum atomic E-state index is 12.6. The molecule has 6 N–H and O–H groups in total. The maximum absolute atomic E-state index is 12.6. The summed E-state index contributed by atoms with van der Waals surface area (Å²) in [6.07, 6.45) is 18.6. The van der Waals surface area contributed by atoms with Crippen LogP contribution < -0.4 is 11.1 Å². The Kier molecular flexibility index (Phi) is 24.7. The molecule has 1 amide bonds. The van der Waals surface area contributed by atoms with E-state index in [0.29, 0.717) is 12.8 Å². The van der Waals surface area contributed by atoms with Crippen LogP contribution in [0.15, 0.2) is 12.2 Å². The Balaban J connectivity index is 4.58. The van der Waals surface area contributed by atoms with Crippen LogP contribution in [0, 0.1) is 0 Å². The van der Waals surface area contributed by atoms with Gasteiger partial charge in [0.25, 0.3) is 0 Å². The van der Waals surface area contributed by atoms with E-state index < -0.39 is 32.0 Å². The number of aliphatic hydroxyl groups is 2. The normalized spacial score (nSPS) is 15.8. The number of phosphoric acid groups is 1. The van der Waals surface area contributed by atoms with Gasteiger partial charge < -0.3 is 26.2 Å². The fourth-order valence-electron chi connectivity index (χ4n) is 4.10. The molecule has 0 aliphatic heterocycles. The van der Waals surface area contributed by atoms with E-state index in [-0.39, 0.29) is 26.2 Å². The number of rotatable bonds is 27. The van der Waals surface area contributed by atoms with Gasteiger partial charge in [-0.2, -0.15) is 0 Å². The van der Waals surface area contributed by atoms with Crippen molar-refractivity contribution < 1.29 is 33.5 Å². The molecular formula is C28H57N2O7P. The van der Waals surface area contributed by atoms with Crippen molar-refractivity contribution in [2.45, 2.75) is 141 Å². The third-order valence-electron chi connectivity index (χ3n) is 6.42. The van der Waals surface area contributed by atoms with Crippen LogP contribution >= 0.6 is 7.82 Å². The van der Waals surface area contributed by atoms with Crippen LogP contribution in [-0.4, -0.2) is 59.0 Å². The predicted octanol–water partition coefficient (Wildman–Crippen LogP) is 5.51. The van der Waals surface area contributed by atoms with Crippen molar-refractivity contribution >= 4 is 13.7 Å². The molecule has 9 nitrogen and oxygen atoms in total. The summed E-state index contributed by atoms with van der Waals surface area (Å²) in [5.41, 5.74) is 5.30. The molecular weight excluding hydrogens is 507 g/mol. The third-order valence-corrected chi connectivity index (χ3v) is 7.41. The van der Waals surface area contributed by atoms with Gasteiger partial charge in [0, 0.05) is 6.54 Å². The average Bonchev–Trinajstić information content (AvgIpc) is 2.88. The first-order valence-electron chi connectivity index (χ1n) is 14.9. The van der Waals surface area contributed by atoms with Crippen molar-refractivity contribution in [1.82, 2.24) is 5.32 Å². The number of hydrogen-bond donors (Lipinski definition) is 5. The highest BCUT2D eigenvalue weighted by Gasteiger charge is 2.28. The number of unbranched alkanes of at least 4 members (excludes halogenated alkanes) is 11. The molecule has 0 aromatic rings. The largest absolute Gasteiger partial charge is 0.472 e. The van der Waals surface area contributed by atoms with E-state index in [0.717, 1.165) is 44.9 Å². The number of hydrogen-bond acceptors (Lipinski definition) is 7. The summed E-state index contributed by atoms with van der Waals surface area (Å²) in [6, 6.07) is -0.894. The van der Waals surface area contributed by atoms with Crippen molar-refractivity contribution in [1.29, 1.82) is 0 Å². The van der Waals surface area contributed by atoms with Gasteiger partial charge in [-0.3, -0.25) is 13.8 Å². The van der Waals surface area contributed by atoms with E-state index in [4.69, 9.17) is 14.8 Å². The molecule has 0 rings (SSSR count). The van der Waals surface area contributed by atoms with Gasteiger partial charge in [-0.1, -0.05) is 96.6 Å². The molecule has 0 spiro atoms. The Morgan fingerprint density at radius 3 is 2.08 bits per heavy atom. The van der Waals surface area contributed by atoms with Gasteiger partial charge in [-0.25, -0.2) is 4.57 Å². The molecule has 0 bridgehead atoms. The second-order valence-electron chi connectivity index (χ2n) is 10.1. The van der Waals surface area contributed by atoms with Crippen LogP contribution in [0.3, 0.4) is 0 Å². The van der Waals surface area contributed by atoms with Crippen LogP contribution in [0.25, 0.3) is 0 Å². The Morgan fingerprint density at radius 1 is 0.868 bits per heavy atom. The lowest BCUT2D eigenvalue weighted by Gasteiger charge is -2.25. The van der Waals surface area contributed by atoms with Gasteiger partial charge in [0.05, 0.1) is 37.9 Å². The number of nitrogens with one attached hydrogen (secondary N) is 1. The molecule has 0 fully saturated rings. The topological polar surface area (TPSA) is 151 Å². The molecule has 226 valence electrons. The lowest BCUT2D eigenvalue weighted by Crippen LogP contribution is -2.47. The van der Waals surface area contributed by atoms with E-state index in [1.165, 1.54) is 44.9 Å². The molecule has 0 aromatic carbocycles. The summed E-state index contributed by atoms with van der Waals surface area (Å²) >= 11 is 0. The van der Waals surface area contributed by atoms with E-state index in [9.17, 15) is 24.5 Å². The standard InChI is InChI=1S/C28H57N2O7P/c1-3-5-7-9-11-13-15-17-19-25(31)23-28(33)30-26(24-37-38(34,35)36-22-21-29)27(32)20-18-16-14-12-10-8-6-4-2/h9,11,25-27,31-32H,3-8,10,12-24,29H2,1-2H3,(H,30,33)(H,34,35)/b11-9-. The van der Waals surface area contributed by atoms with Crippen LogP contribution in [0.5, 0.6) is 0 Å². The zero-order chi connectivity index (χ0) is 28.5. The lowest BCUT2D eigenvalue weighted by molar-refractivity contribution is -0.125. The molecule has 0 saturated carbocycles. The smallest absolute Gasteiger partial charge is 0.393 e. The highest BCUT2D eigenvalue weighted by Crippen LogP contribution is 2.43. The molecule has 0 aromatic heterocycles. The average molecular weight is 565 g/mol. The van der Waals surface area contributed by atoms with Crippen LogP contribution in [0.2, 0.25) is 0 Å². The van der Waals surface area contributed by atoms with Gasteiger partial charge in [-0.05, 0) is 32.1 Å². The number of carbonyl (C=O) groups excluding carboxylic acids is 1. The predicted molar refractivity (Wildman–Crippen MR) is 154 cm³/mol. The van der Waals surface area contributed by atoms with Crippen LogP contribution in [0.4, 0.5) is 0 Å². The number of nitrogens with two attached hydrogens (primary N) is 1. The highest BCUT2D eigenvalue weighted by molar-refractivity contribution is 7.47. The van der Waals surface area contributed by atoms with E-state index in [1.54, 1.807) is 0 Å². The molecule has 0 saturated heterocycles. The summed E-state index contributed by atoms with van der Waals surface area (Å²) < 4.78 is 21.8. The quantitative estimate of drug-likeness (QED) is 0.0497. The van der Waals surface area contributed by atoms with Crippen molar-refractivity contribution in [2.75, 3.05) is 19.8 Å². The summed E-state index contributed by atoms with van der Waals surface area (Å²) in [5.74, 6) is -0.434. The summed E-state index contributed by atoms with van der Waals surface area (Å²) in [6.45, 7) is 3.88. The Morgan fingerprint density at radius 2 is 1.45 bits per heavy atom. The second-order valence-corrected chi connectivity index (χ2v) is 11.6. The van der Waals surface area contributed by atoms with Gasteiger partial charge in [0.2, 0.25) is 5.91 Å². The van der Waals surface area contributed by atoms with Gasteiger partial charge >= 0.3 is 7.82 Å². The van der Waals surface area contributed by atoms with E-state index in [2.05, 4.69) is 31.3 Å². The van der Waals surface area contributed by atoms with Crippen molar-refractivity contribution in [3.8, 4) is 0 Å². The number of amides is 1. The number of aliphatic hydroxyl groups excluding tert-OH is 2. The van der Waals surface area contributed by atoms with E-state index >= 15 is 0 Å². The Labute approximate surface area is 231 Å². The van der Waals surface area contributed by atoms with Crippen LogP contribution in [0.1, 0.15) is 123 Å². The highest BCUT2D eigenvalue weighted by atomic mass is 31.2. The first-order chi connectivity index (χ1) is 18.3. The molecule has 0 heterocycles. The third kappa shape index (κ3) is 23.1. The van der Waals surface area contributed by atoms with Gasteiger partial charge in [-0.15, -0.1) is 0 Å². The molecule has 38 heavy (non-hydrogen) atoms. The monoisotopic (exact) mass is 564 g/mol. The summed E-state index contributed by atoms with van der Waals surface area (Å²) in [4.78, 5) is 22.4. The number of phosphoric ester groups is 1. The second kappa shape index (κ2) is 25.2. The first-order valence-corrected chi connectivity index (χ1v) is 16.4. The SMILES string of the molecule is CCCC/C=C\CCCCC(O)CC(=O)NC(COP(=O)(O)OCCN)C(O)CCCCCCCCCC. The summed E-state index contributed by atoms with van der Waals surface area (Å²) in [5, 5.41) is 23.7. The van der Waals surface area contributed by atoms with Crippen molar-refractivity contribution in [2.24, 2.45) is 5.73 Å². The molecule has 0 aliphatic rings. The summed E-state index contributed by atoms with van der Waals surface area (Å²) in [7, 11) is -4.35. The molecule has 4 atom stereocenters. The molecule has 0 aliphatic carbocycles. The molecule has 4 unspecified atom stereocenters. The Bertz CT molecular complexity index is 636. The zero-order valence-corrected chi connectivity index (χ0v) is 24.9. The fraction of sp³-hybridized carbons (Fsp3) is 0.893. The van der Waals surface area contributed by atoms with Crippen molar-refractivity contribution in [3.63, 3.8) is 0 Å². The fourth-order valence-corrected chi connectivity index (χ4v) is 4.86. The number of allylic oxidation sites excluding steroid dienone is 2. The molecule has 10 heteroatoms. The van der Waals surface area contributed by atoms with Gasteiger partial charge in [0.1, 0.15) is 0 Å². The lowest BCUT2D eigenvalue weighted by atomic mass is 10.0. The van der Waals surface area contributed by atoms with Crippen LogP contribution in [-0.2, 0) is 18.4 Å². The Hall–Kier alpha value is -0.800.